The van der Waals surface area contributed by atoms with Crippen molar-refractivity contribution in [3.63, 3.8) is 0 Å². The van der Waals surface area contributed by atoms with Crippen LogP contribution in [-0.2, 0) is 0 Å². The molecule has 0 fully saturated rings. The minimum Gasteiger partial charge on any atom is -0.355 e. The van der Waals surface area contributed by atoms with Gasteiger partial charge in [0.25, 0.3) is 0 Å². The molecule has 0 unspecified atom stereocenters. The van der Waals surface area contributed by atoms with E-state index in [9.17, 15) is 0 Å². The summed E-state index contributed by atoms with van der Waals surface area (Å²) in [7, 11) is 0. The number of benzene rings is 18. The van der Waals surface area contributed by atoms with Gasteiger partial charge in [-0.2, -0.15) is 0 Å². The van der Waals surface area contributed by atoms with E-state index in [1.807, 2.05) is 62.8 Å². The Morgan fingerprint density at radius 2 is 0.558 bits per heavy atom. The third-order valence-corrected chi connectivity index (χ3v) is 29.3. The molecule has 120 heavy (non-hydrogen) atoms. The fraction of sp³-hybridized carbons (Fsp3) is 0. The highest BCUT2D eigenvalue weighted by atomic mass is 32.1. The van der Waals surface area contributed by atoms with Crippen LogP contribution in [0.25, 0.3) is 176 Å². The first kappa shape index (κ1) is 72.6. The minimum absolute atomic E-state index is 1.01. The SMILES string of the molecule is c1ccc(-c2cc(Nc3cccc4sc5ccccc5c34)cc(-c3ccccc3)c2)cc1.c1ccc(-c2ccc3sc4cc(Nc5cc6ccccc6c6ccccc56)ccc4c3n2)cc1.c1ccc2c(c1)sc1c(Nc3cccc4c3sc3ccccc34)cccc12.c1ccc2c(c1)sc1cc(Nc3ccc4c(c3)sc3ccccc34)ccc12. The van der Waals surface area contributed by atoms with Crippen molar-refractivity contribution >= 4 is 256 Å². The van der Waals surface area contributed by atoms with Gasteiger partial charge in [0.2, 0.25) is 0 Å². The Kier molecular flexibility index (Phi) is 19.1. The zero-order chi connectivity index (χ0) is 79.4. The van der Waals surface area contributed by atoms with Crippen LogP contribution in [0.15, 0.2) is 406 Å². The summed E-state index contributed by atoms with van der Waals surface area (Å²) >= 11 is 11.1. The second-order valence-electron chi connectivity index (χ2n) is 29.9. The summed E-state index contributed by atoms with van der Waals surface area (Å²) in [6.45, 7) is 0. The van der Waals surface area contributed by atoms with E-state index in [1.54, 1.807) is 11.3 Å². The Morgan fingerprint density at radius 3 is 1.12 bits per heavy atom. The van der Waals surface area contributed by atoms with Gasteiger partial charge in [-0.25, -0.2) is 4.98 Å². The molecule has 0 radical (unpaired) electrons. The Labute approximate surface area is 716 Å². The predicted molar refractivity (Wildman–Crippen MR) is 531 cm³/mol. The van der Waals surface area contributed by atoms with Crippen LogP contribution in [0.2, 0.25) is 0 Å². The van der Waals surface area contributed by atoms with Gasteiger partial charge in [-0.15, -0.1) is 68.0 Å². The molecule has 0 aliphatic heterocycles. The van der Waals surface area contributed by atoms with E-state index in [-0.39, 0.29) is 0 Å². The summed E-state index contributed by atoms with van der Waals surface area (Å²) < 4.78 is 15.7. The molecule has 18 aromatic carbocycles. The van der Waals surface area contributed by atoms with Crippen molar-refractivity contribution in [2.75, 3.05) is 21.3 Å². The second kappa shape index (κ2) is 31.5. The summed E-state index contributed by atoms with van der Waals surface area (Å²) in [5.41, 5.74) is 17.1. The van der Waals surface area contributed by atoms with Crippen LogP contribution in [-0.4, -0.2) is 4.98 Å². The molecular formula is C109H71N5S6. The van der Waals surface area contributed by atoms with Gasteiger partial charge in [0, 0.05) is 147 Å². The maximum atomic E-state index is 5.01. The zero-order valence-electron chi connectivity index (χ0n) is 64.6. The molecular weight excluding hydrogens is 1570 g/mol. The number of nitrogens with zero attached hydrogens (tertiary/aromatic N) is 1. The molecule has 568 valence electrons. The van der Waals surface area contributed by atoms with E-state index in [1.165, 1.54) is 171 Å². The van der Waals surface area contributed by atoms with Crippen molar-refractivity contribution < 1.29 is 0 Å². The van der Waals surface area contributed by atoms with Gasteiger partial charge in [0.15, 0.2) is 0 Å². The van der Waals surface area contributed by atoms with Crippen molar-refractivity contribution in [1.82, 2.24) is 4.98 Å². The van der Waals surface area contributed by atoms with Crippen LogP contribution in [0.1, 0.15) is 0 Å². The predicted octanol–water partition coefficient (Wildman–Crippen LogP) is 34.6. The van der Waals surface area contributed by atoms with Crippen molar-refractivity contribution in [1.29, 1.82) is 0 Å². The quantitative estimate of drug-likeness (QED) is 0.0973. The highest BCUT2D eigenvalue weighted by Crippen LogP contribution is 2.47. The molecule has 5 nitrogen and oxygen atoms in total. The smallest absolute Gasteiger partial charge is 0.0895 e. The normalized spacial score (nSPS) is 11.5. The third-order valence-electron chi connectivity index (χ3n) is 22.4. The topological polar surface area (TPSA) is 61.0 Å². The lowest BCUT2D eigenvalue weighted by atomic mass is 9.98. The number of anilines is 8. The lowest BCUT2D eigenvalue weighted by Crippen LogP contribution is -1.93. The highest BCUT2D eigenvalue weighted by molar-refractivity contribution is 7.28. The number of pyridine rings is 1. The molecule has 0 saturated carbocycles. The van der Waals surface area contributed by atoms with Crippen LogP contribution in [0, 0.1) is 0 Å². The van der Waals surface area contributed by atoms with Crippen molar-refractivity contribution in [3.8, 4) is 33.5 Å². The number of aromatic nitrogens is 1. The number of nitrogens with one attached hydrogen (secondary N) is 4. The molecule has 0 spiro atoms. The van der Waals surface area contributed by atoms with Crippen LogP contribution >= 0.6 is 68.0 Å². The summed E-state index contributed by atoms with van der Waals surface area (Å²) in [4.78, 5) is 5.01. The first-order valence-electron chi connectivity index (χ1n) is 40.1. The highest BCUT2D eigenvalue weighted by Gasteiger charge is 2.18. The first-order chi connectivity index (χ1) is 59.4. The average Bonchev–Trinajstić information content (AvgIpc) is 1.35. The molecule has 7 heterocycles. The van der Waals surface area contributed by atoms with Gasteiger partial charge in [0.1, 0.15) is 0 Å². The Morgan fingerprint density at radius 1 is 0.175 bits per heavy atom. The fourth-order valence-electron chi connectivity index (χ4n) is 16.7. The van der Waals surface area contributed by atoms with Gasteiger partial charge < -0.3 is 21.3 Å². The summed E-state index contributed by atoms with van der Waals surface area (Å²) in [5, 5.41) is 34.3. The van der Waals surface area contributed by atoms with E-state index < -0.39 is 0 Å². The lowest BCUT2D eigenvalue weighted by molar-refractivity contribution is 1.42. The fourth-order valence-corrected chi connectivity index (χ4v) is 23.6. The van der Waals surface area contributed by atoms with Gasteiger partial charge in [0.05, 0.1) is 36.7 Å². The number of fused-ring (bicyclic) bond motifs is 21. The van der Waals surface area contributed by atoms with E-state index in [0.717, 1.165) is 50.9 Å². The van der Waals surface area contributed by atoms with Crippen LogP contribution in [0.5, 0.6) is 0 Å². The minimum atomic E-state index is 1.01. The van der Waals surface area contributed by atoms with Gasteiger partial charge >= 0.3 is 0 Å². The second-order valence-corrected chi connectivity index (χ2v) is 36.3. The van der Waals surface area contributed by atoms with E-state index in [4.69, 9.17) is 4.98 Å². The molecule has 0 bridgehead atoms. The van der Waals surface area contributed by atoms with Crippen LogP contribution in [0.4, 0.5) is 45.5 Å². The first-order valence-corrected chi connectivity index (χ1v) is 45.0. The molecule has 0 aliphatic rings. The Bertz CT molecular complexity index is 7920. The van der Waals surface area contributed by atoms with Crippen LogP contribution < -0.4 is 21.3 Å². The largest absolute Gasteiger partial charge is 0.355 e. The molecule has 11 heteroatoms. The molecule has 0 atom stereocenters. The Hall–Kier alpha value is -13.9. The maximum Gasteiger partial charge on any atom is 0.0895 e. The average molecular weight is 1640 g/mol. The van der Waals surface area contributed by atoms with Crippen molar-refractivity contribution in [2.24, 2.45) is 0 Å². The molecule has 0 aliphatic carbocycles. The number of thiophene rings is 6. The van der Waals surface area contributed by atoms with Crippen molar-refractivity contribution in [2.45, 2.75) is 0 Å². The summed E-state index contributed by atoms with van der Waals surface area (Å²) in [6.07, 6.45) is 0. The van der Waals surface area contributed by atoms with E-state index in [2.05, 4.69) is 422 Å². The molecule has 4 N–H and O–H groups in total. The summed E-state index contributed by atoms with van der Waals surface area (Å²) in [5.74, 6) is 0. The maximum absolute atomic E-state index is 5.01. The van der Waals surface area contributed by atoms with Crippen LogP contribution in [0.3, 0.4) is 0 Å². The van der Waals surface area contributed by atoms with Crippen molar-refractivity contribution in [3.05, 3.63) is 406 Å². The van der Waals surface area contributed by atoms with E-state index >= 15 is 0 Å². The monoisotopic (exact) mass is 1640 g/mol. The Balaban J connectivity index is 0.0000000965. The number of rotatable bonds is 11. The molecule has 25 aromatic rings. The lowest BCUT2D eigenvalue weighted by Gasteiger charge is -2.14. The zero-order valence-corrected chi connectivity index (χ0v) is 69.5. The molecule has 7 aromatic heterocycles. The van der Waals surface area contributed by atoms with Gasteiger partial charge in [-0.3, -0.25) is 0 Å². The third kappa shape index (κ3) is 14.0. The number of hydrogen-bond acceptors (Lipinski definition) is 11. The van der Waals surface area contributed by atoms with Gasteiger partial charge in [-0.05, 0) is 172 Å². The molecule has 0 saturated heterocycles. The standard InChI is InChI=1S/C31H20N2S.C30H21NS.2C24H15NS2/c1-2-8-20(9-3-1)27-16-17-29-31(33-27)26-15-14-22(19-30(26)34-29)32-28-18-21-10-4-5-11-23(21)24-12-6-7-13-25(24)28;1-3-10-21(11-4-1)23-18-24(22-12-5-2-6-13-22)20-25(19-23)31-27-15-9-17-29-30(27)26-14-7-8-16-28(26)32-29;1-3-13-21-15(7-1)17-9-5-11-19(23(17)26-21)25-20-12-6-10-18-16-8-2-4-14-22(16)27-24(18)20;1-3-7-21-17(5-1)19-11-9-15(13-23(19)26-21)25-16-10-12-20-18-6-2-4-8-22(18)27-24(20)14-16/h1-19,32H;1-20,31H;2*1-14,25H. The molecule has 25 rings (SSSR count). The number of hydrogen-bond donors (Lipinski definition) is 4. The summed E-state index contributed by atoms with van der Waals surface area (Å²) in [6, 6.07) is 145. The van der Waals surface area contributed by atoms with Gasteiger partial charge in [-0.1, -0.05) is 273 Å². The molecule has 0 amide bonds. The van der Waals surface area contributed by atoms with E-state index in [0.29, 0.717) is 0 Å².